The minimum Gasteiger partial charge on any atom is -1.00 e. The number of hydrogen-bond donors (Lipinski definition) is 0. The first-order valence-corrected chi connectivity index (χ1v) is 33.7. The average molecular weight is 1050 g/mol. The molecule has 0 aromatic carbocycles. The number of carbonyl (C=O) groups excluding carboxylic acids is 1. The molecule has 0 saturated heterocycles. The Labute approximate surface area is 470 Å². The highest BCUT2D eigenvalue weighted by molar-refractivity contribution is 5.64. The van der Waals surface area contributed by atoms with Crippen molar-refractivity contribution in [2.75, 3.05) is 53.4 Å². The molecule has 0 aromatic rings. The lowest BCUT2D eigenvalue weighted by Crippen LogP contribution is -3.00. The molecule has 0 rings (SSSR count). The Morgan fingerprint density at radius 1 is 0.274 bits per heavy atom. The second kappa shape index (κ2) is 67.5. The van der Waals surface area contributed by atoms with E-state index in [1.165, 1.54) is 344 Å². The van der Waals surface area contributed by atoms with Crippen LogP contribution in [0.2, 0.25) is 0 Å². The van der Waals surface area contributed by atoms with Crippen molar-refractivity contribution in [3.05, 3.63) is 12.2 Å². The fourth-order valence-electron chi connectivity index (χ4n) is 10.7. The summed E-state index contributed by atoms with van der Waals surface area (Å²) in [6.45, 7) is 24.7. The number of carbonyl (C=O) groups is 1. The van der Waals surface area contributed by atoms with E-state index < -0.39 is 5.97 Å². The maximum atomic E-state index is 10.2. The maximum absolute atomic E-state index is 10.2. The van der Waals surface area contributed by atoms with E-state index in [0.717, 1.165) is 19.3 Å². The molecular formula is C68H141ClN2O2. The lowest BCUT2D eigenvalue weighted by Gasteiger charge is -2.35. The third-order valence-electron chi connectivity index (χ3n) is 16.0. The molecule has 0 amide bonds. The molecule has 0 unspecified atom stereocenters. The number of unbranched alkanes of at least 4 members (excludes halogenated alkanes) is 41. The van der Waals surface area contributed by atoms with Gasteiger partial charge < -0.3 is 31.3 Å². The third-order valence-corrected chi connectivity index (χ3v) is 16.0. The monoisotopic (exact) mass is 1050 g/mol. The van der Waals surface area contributed by atoms with Gasteiger partial charge in [0, 0.05) is 5.97 Å². The summed E-state index contributed by atoms with van der Waals surface area (Å²) in [4.78, 5) is 10.2. The summed E-state index contributed by atoms with van der Waals surface area (Å²) in [5.41, 5.74) is 0. The first-order valence-electron chi connectivity index (χ1n) is 33.7. The minimum absolute atomic E-state index is 0. The van der Waals surface area contributed by atoms with Crippen LogP contribution < -0.4 is 17.5 Å². The molecule has 0 heterocycles. The highest BCUT2D eigenvalue weighted by Gasteiger charge is 2.21. The minimum atomic E-state index is -0.914. The molecule has 0 N–H and O–H groups in total. The molecule has 0 aliphatic carbocycles. The van der Waals surface area contributed by atoms with Crippen LogP contribution >= 0.6 is 0 Å². The van der Waals surface area contributed by atoms with E-state index in [4.69, 9.17) is 0 Å². The SMILES string of the molecule is CCCCCCCC/C=C\CCCCCCCC(=O)[O-].CCCCCCCC[N+](C)(CCCCCCCC)CCCCCCCC.CCCCCCCC[N+](C)(CCCCCCCC)CCCCCCCC.[Cl-]. The van der Waals surface area contributed by atoms with Gasteiger partial charge in [-0.05, 0) is 116 Å². The Hall–Kier alpha value is -0.580. The van der Waals surface area contributed by atoms with Gasteiger partial charge >= 0.3 is 0 Å². The average Bonchev–Trinajstić information content (AvgIpc) is 3.37. The first-order chi connectivity index (χ1) is 35.1. The molecule has 73 heavy (non-hydrogen) atoms. The highest BCUT2D eigenvalue weighted by atomic mass is 35.5. The standard InChI is InChI=1S/2C25H54N.C18H34O2.ClH/c2*1-5-8-11-14-17-20-23-26(4,24-21-18-15-12-9-6-2)25-22-19-16-13-10-7-3;1-2-3-4-5-6-7-8-9-10-11-12-13-14-15-16-17-18(19)20;/h2*5-25H2,1-4H3;9-10H,2-8,11-17H2,1H3,(H,19,20);1H/q2*+1;;/p-2/b;;10-9-;. The number of halogens is 1. The fourth-order valence-corrected chi connectivity index (χ4v) is 10.7. The van der Waals surface area contributed by atoms with Gasteiger partial charge in [-0.2, -0.15) is 0 Å². The zero-order valence-corrected chi connectivity index (χ0v) is 53.1. The number of nitrogens with zero attached hydrogens (tertiary/aromatic N) is 2. The summed E-state index contributed by atoms with van der Waals surface area (Å²) < 4.78 is 2.71. The van der Waals surface area contributed by atoms with E-state index in [1.54, 1.807) is 0 Å². The smallest absolute Gasteiger partial charge is 0.0784 e. The van der Waals surface area contributed by atoms with Crippen LogP contribution in [0.5, 0.6) is 0 Å². The molecule has 0 atom stereocenters. The van der Waals surface area contributed by atoms with Crippen LogP contribution in [0.3, 0.4) is 0 Å². The molecule has 0 aromatic heterocycles. The Morgan fingerprint density at radius 2 is 0.438 bits per heavy atom. The largest absolute Gasteiger partial charge is 1.00 e. The molecule has 0 aliphatic heterocycles. The van der Waals surface area contributed by atoms with Crippen molar-refractivity contribution in [2.24, 2.45) is 0 Å². The van der Waals surface area contributed by atoms with E-state index in [0.29, 0.717) is 0 Å². The van der Waals surface area contributed by atoms with Gasteiger partial charge in [0.1, 0.15) is 0 Å². The van der Waals surface area contributed by atoms with Crippen molar-refractivity contribution in [2.45, 2.75) is 370 Å². The van der Waals surface area contributed by atoms with Gasteiger partial charge in [0.2, 0.25) is 0 Å². The van der Waals surface area contributed by atoms with E-state index in [2.05, 4.69) is 74.7 Å². The van der Waals surface area contributed by atoms with Crippen molar-refractivity contribution in [1.29, 1.82) is 0 Å². The maximum Gasteiger partial charge on any atom is 0.0784 e. The first kappa shape index (κ1) is 78.9. The summed E-state index contributed by atoms with van der Waals surface area (Å²) in [6.07, 6.45) is 72.6. The quantitative estimate of drug-likeness (QED) is 0.0346. The van der Waals surface area contributed by atoms with Gasteiger partial charge in [-0.1, -0.05) is 266 Å². The number of quaternary nitrogens is 2. The number of rotatable bonds is 57. The summed E-state index contributed by atoms with van der Waals surface area (Å²) in [6, 6.07) is 0. The number of allylic oxidation sites excluding steroid dienone is 2. The van der Waals surface area contributed by atoms with Crippen molar-refractivity contribution in [1.82, 2.24) is 0 Å². The van der Waals surface area contributed by atoms with Gasteiger partial charge in [-0.3, -0.25) is 0 Å². The predicted molar refractivity (Wildman–Crippen MR) is 326 cm³/mol. The number of carboxylic acids is 1. The van der Waals surface area contributed by atoms with Gasteiger partial charge in [-0.15, -0.1) is 0 Å². The van der Waals surface area contributed by atoms with Crippen molar-refractivity contribution < 1.29 is 31.3 Å². The summed E-state index contributed by atoms with van der Waals surface area (Å²) >= 11 is 0. The van der Waals surface area contributed by atoms with Gasteiger partial charge in [-0.25, -0.2) is 0 Å². The number of carboxylic acid groups (broad SMARTS) is 1. The fraction of sp³-hybridized carbons (Fsp3) is 0.956. The van der Waals surface area contributed by atoms with Gasteiger partial charge in [0.15, 0.2) is 0 Å². The summed E-state index contributed by atoms with van der Waals surface area (Å²) in [5, 5.41) is 10.2. The van der Waals surface area contributed by atoms with E-state index in [9.17, 15) is 9.90 Å². The van der Waals surface area contributed by atoms with Crippen LogP contribution in [0.25, 0.3) is 0 Å². The Balaban J connectivity index is -0.000000491. The number of aliphatic carboxylic acids is 1. The van der Waals surface area contributed by atoms with E-state index in [-0.39, 0.29) is 18.8 Å². The number of hydrogen-bond acceptors (Lipinski definition) is 2. The molecule has 4 nitrogen and oxygen atoms in total. The van der Waals surface area contributed by atoms with Crippen molar-refractivity contribution >= 4 is 5.97 Å². The topological polar surface area (TPSA) is 40.1 Å². The molecule has 0 spiro atoms. The molecule has 0 bridgehead atoms. The Morgan fingerprint density at radius 3 is 0.630 bits per heavy atom. The molecule has 0 saturated carbocycles. The molecule has 0 fully saturated rings. The van der Waals surface area contributed by atoms with E-state index >= 15 is 0 Å². The lowest BCUT2D eigenvalue weighted by molar-refractivity contribution is -0.910. The Kier molecular flexibility index (Phi) is 73.0. The zero-order chi connectivity index (χ0) is 53.6. The molecule has 442 valence electrons. The molecule has 0 aliphatic rings. The van der Waals surface area contributed by atoms with Crippen molar-refractivity contribution in [3.63, 3.8) is 0 Å². The van der Waals surface area contributed by atoms with Crippen LogP contribution in [0.1, 0.15) is 370 Å². The molecular weight excluding hydrogens is 912 g/mol. The van der Waals surface area contributed by atoms with E-state index in [1.807, 2.05) is 0 Å². The third kappa shape index (κ3) is 69.4. The van der Waals surface area contributed by atoms with Crippen molar-refractivity contribution in [3.8, 4) is 0 Å². The van der Waals surface area contributed by atoms with Crippen LogP contribution in [0.4, 0.5) is 0 Å². The lowest BCUT2D eigenvalue weighted by atomic mass is 10.1. The zero-order valence-electron chi connectivity index (χ0n) is 52.3. The normalized spacial score (nSPS) is 11.6. The van der Waals surface area contributed by atoms with Gasteiger partial charge in [0.05, 0.1) is 53.4 Å². The van der Waals surface area contributed by atoms with Crippen LogP contribution in [-0.2, 0) is 4.79 Å². The summed E-state index contributed by atoms with van der Waals surface area (Å²) in [5.74, 6) is -0.914. The van der Waals surface area contributed by atoms with Gasteiger partial charge in [0.25, 0.3) is 0 Å². The Bertz CT molecular complexity index is 882. The second-order valence-corrected chi connectivity index (χ2v) is 23.9. The predicted octanol–water partition coefficient (Wildman–Crippen LogP) is 18.8. The van der Waals surface area contributed by atoms with Crippen LogP contribution in [0, 0.1) is 0 Å². The highest BCUT2D eigenvalue weighted by Crippen LogP contribution is 2.19. The molecule has 0 radical (unpaired) electrons. The van der Waals surface area contributed by atoms with Crippen LogP contribution in [-0.4, -0.2) is 68.3 Å². The van der Waals surface area contributed by atoms with Crippen LogP contribution in [0.15, 0.2) is 12.2 Å². The molecule has 5 heteroatoms. The summed E-state index contributed by atoms with van der Waals surface area (Å²) in [7, 11) is 5.12. The second-order valence-electron chi connectivity index (χ2n) is 23.9.